The van der Waals surface area contributed by atoms with Gasteiger partial charge in [0.2, 0.25) is 0 Å². The summed E-state index contributed by atoms with van der Waals surface area (Å²) in [5, 5.41) is 5.51. The zero-order valence-corrected chi connectivity index (χ0v) is 13.6. The van der Waals surface area contributed by atoms with Crippen molar-refractivity contribution in [3.05, 3.63) is 35.8 Å². The number of amides is 1. The van der Waals surface area contributed by atoms with E-state index in [9.17, 15) is 14.0 Å². The Hall–Kier alpha value is -2.55. The van der Waals surface area contributed by atoms with Crippen LogP contribution in [0.5, 0.6) is 0 Å². The normalized spacial score (nSPS) is 16.1. The topological polar surface area (TPSA) is 85.2 Å². The number of nitrogens with one attached hydrogen (secondary N) is 2. The molecule has 3 rings (SSSR count). The van der Waals surface area contributed by atoms with E-state index in [2.05, 4.69) is 28.2 Å². The minimum Gasteiger partial charge on any atom is -0.465 e. The van der Waals surface area contributed by atoms with E-state index in [1.54, 1.807) is 6.92 Å². The fourth-order valence-corrected chi connectivity index (χ4v) is 2.69. The highest BCUT2D eigenvalue weighted by Gasteiger charge is 2.30. The number of fused-ring (bicyclic) bond motifs is 1. The third kappa shape index (κ3) is 3.07. The van der Waals surface area contributed by atoms with Gasteiger partial charge in [0.1, 0.15) is 23.7 Å². The van der Waals surface area contributed by atoms with E-state index in [4.69, 9.17) is 4.74 Å². The number of halogens is 1. The molecule has 1 aliphatic rings. The Kier molecular flexibility index (Phi) is 4.43. The first-order valence-electron chi connectivity index (χ1n) is 7.27. The molecule has 126 valence electrons. The molecule has 0 radical (unpaired) electrons. The number of aromatic nitrogens is 2. The second-order valence-electron chi connectivity index (χ2n) is 5.05. The maximum absolute atomic E-state index is 13.2. The van der Waals surface area contributed by atoms with Gasteiger partial charge in [0.25, 0.3) is 5.91 Å². The molecule has 7 nitrogen and oxygen atoms in total. The molecular weight excluding hydrogens is 335 g/mol. The van der Waals surface area contributed by atoms with Crippen LogP contribution in [0.1, 0.15) is 17.4 Å². The highest BCUT2D eigenvalue weighted by Crippen LogP contribution is 2.28. The van der Waals surface area contributed by atoms with E-state index in [0.29, 0.717) is 17.2 Å². The van der Waals surface area contributed by atoms with Crippen molar-refractivity contribution in [1.29, 1.82) is 0 Å². The highest BCUT2D eigenvalue weighted by atomic mass is 32.1. The van der Waals surface area contributed by atoms with Crippen LogP contribution in [-0.2, 0) is 16.1 Å². The minimum atomic E-state index is -0.586. The van der Waals surface area contributed by atoms with Gasteiger partial charge in [-0.1, -0.05) is 0 Å². The Labute approximate surface area is 142 Å². The van der Waals surface area contributed by atoms with Crippen LogP contribution in [0.3, 0.4) is 0 Å². The maximum atomic E-state index is 13.2. The lowest BCUT2D eigenvalue weighted by Crippen LogP contribution is -2.42. The third-order valence-corrected chi connectivity index (χ3v) is 3.68. The lowest BCUT2D eigenvalue weighted by molar-refractivity contribution is -0.143. The molecule has 0 bridgehead atoms. The Balaban J connectivity index is 2.10. The van der Waals surface area contributed by atoms with Gasteiger partial charge in [0.15, 0.2) is 11.5 Å². The van der Waals surface area contributed by atoms with E-state index in [1.165, 1.54) is 28.8 Å². The maximum Gasteiger partial charge on any atom is 0.326 e. The summed E-state index contributed by atoms with van der Waals surface area (Å²) < 4.78 is 19.6. The molecule has 9 heteroatoms. The molecule has 0 spiro atoms. The fourth-order valence-electron chi connectivity index (χ4n) is 2.45. The summed E-state index contributed by atoms with van der Waals surface area (Å²) in [5.41, 5.74) is 0.185. The molecule has 0 saturated carbocycles. The summed E-state index contributed by atoms with van der Waals surface area (Å²) in [6.07, 6.45) is 0. The molecule has 0 fully saturated rings. The van der Waals surface area contributed by atoms with Crippen LogP contribution in [0, 0.1) is 5.82 Å². The van der Waals surface area contributed by atoms with Gasteiger partial charge in [0, 0.05) is 5.56 Å². The van der Waals surface area contributed by atoms with Crippen LogP contribution in [0.25, 0.3) is 11.4 Å². The van der Waals surface area contributed by atoms with Gasteiger partial charge in [-0.15, -0.1) is 12.6 Å². The van der Waals surface area contributed by atoms with Crippen LogP contribution >= 0.6 is 12.6 Å². The highest BCUT2D eigenvalue weighted by molar-refractivity contribution is 7.81. The molecule has 2 heterocycles. The smallest absolute Gasteiger partial charge is 0.326 e. The molecule has 0 saturated heterocycles. The minimum absolute atomic E-state index is 0.185. The van der Waals surface area contributed by atoms with Gasteiger partial charge in [-0.05, 0) is 31.2 Å². The predicted molar refractivity (Wildman–Crippen MR) is 88.1 cm³/mol. The molecule has 1 amide bonds. The first-order valence-corrected chi connectivity index (χ1v) is 7.78. The average molecular weight is 350 g/mol. The quantitative estimate of drug-likeness (QED) is 0.576. The first kappa shape index (κ1) is 16.3. The second kappa shape index (κ2) is 6.52. The van der Waals surface area contributed by atoms with Crippen LogP contribution in [0.15, 0.2) is 24.3 Å². The number of benzene rings is 1. The van der Waals surface area contributed by atoms with E-state index >= 15 is 0 Å². The van der Waals surface area contributed by atoms with Crippen LogP contribution in [-0.4, -0.2) is 33.5 Å². The van der Waals surface area contributed by atoms with Crippen molar-refractivity contribution in [3.63, 3.8) is 0 Å². The molecule has 2 N–H and O–H groups in total. The number of esters is 1. The van der Waals surface area contributed by atoms with Gasteiger partial charge in [-0.25, -0.2) is 9.37 Å². The van der Waals surface area contributed by atoms with Crippen molar-refractivity contribution in [2.24, 2.45) is 0 Å². The number of carbonyl (C=O) groups excluding carboxylic acids is 2. The zero-order valence-electron chi connectivity index (χ0n) is 12.7. The summed E-state index contributed by atoms with van der Waals surface area (Å²) in [7, 11) is 0. The summed E-state index contributed by atoms with van der Waals surface area (Å²) in [6.45, 7) is 1.74. The number of rotatable bonds is 4. The third-order valence-electron chi connectivity index (χ3n) is 3.42. The van der Waals surface area contributed by atoms with Gasteiger partial charge < -0.3 is 19.9 Å². The van der Waals surface area contributed by atoms with Gasteiger partial charge in [-0.3, -0.25) is 9.59 Å². The predicted octanol–water partition coefficient (Wildman–Crippen LogP) is 1.62. The average Bonchev–Trinajstić information content (AvgIpc) is 2.86. The van der Waals surface area contributed by atoms with E-state index in [-0.39, 0.29) is 18.8 Å². The molecule has 2 aromatic rings. The van der Waals surface area contributed by atoms with Crippen LogP contribution in [0.2, 0.25) is 0 Å². The summed E-state index contributed by atoms with van der Waals surface area (Å²) in [6, 6.07) is 5.63. The fraction of sp³-hybridized carbons (Fsp3) is 0.267. The van der Waals surface area contributed by atoms with Crippen molar-refractivity contribution in [1.82, 2.24) is 14.9 Å². The number of thiol groups is 1. The number of nitrogens with zero attached hydrogens (tertiary/aromatic N) is 2. The van der Waals surface area contributed by atoms with E-state index in [1.807, 2.05) is 0 Å². The SMILES string of the molecule is CCOC(=O)Cn1c(-c2ccc(F)cc2)nc2c1C(=O)NC(S)N2. The number of anilines is 1. The zero-order chi connectivity index (χ0) is 17.3. The molecule has 1 aliphatic heterocycles. The molecule has 0 aliphatic carbocycles. The van der Waals surface area contributed by atoms with Crippen molar-refractivity contribution < 1.29 is 18.7 Å². The summed E-state index contributed by atoms with van der Waals surface area (Å²) >= 11 is 4.16. The van der Waals surface area contributed by atoms with Gasteiger partial charge in [0.05, 0.1) is 6.61 Å². The molecular formula is C15H15FN4O3S. The van der Waals surface area contributed by atoms with Crippen LogP contribution < -0.4 is 10.6 Å². The van der Waals surface area contributed by atoms with E-state index < -0.39 is 23.2 Å². The molecule has 1 atom stereocenters. The Morgan fingerprint density at radius 1 is 1.38 bits per heavy atom. The molecule has 1 aromatic carbocycles. The number of carbonyl (C=O) groups is 2. The molecule has 1 unspecified atom stereocenters. The standard InChI is InChI=1S/C15H15FN4O3S/c1-2-23-10(21)7-20-11-12(18-15(24)19-14(11)22)17-13(20)8-3-5-9(16)6-4-8/h3-6,15,18,24H,2,7H2,1H3,(H,19,22). The largest absolute Gasteiger partial charge is 0.465 e. The van der Waals surface area contributed by atoms with E-state index in [0.717, 1.165) is 0 Å². The Morgan fingerprint density at radius 3 is 2.75 bits per heavy atom. The number of hydrogen-bond donors (Lipinski definition) is 3. The van der Waals surface area contributed by atoms with Gasteiger partial charge >= 0.3 is 5.97 Å². The van der Waals surface area contributed by atoms with Gasteiger partial charge in [-0.2, -0.15) is 0 Å². The second-order valence-corrected chi connectivity index (χ2v) is 5.57. The number of ether oxygens (including phenoxy) is 1. The lowest BCUT2D eigenvalue weighted by Gasteiger charge is -2.21. The lowest BCUT2D eigenvalue weighted by atomic mass is 10.2. The Morgan fingerprint density at radius 2 is 2.08 bits per heavy atom. The summed E-state index contributed by atoms with van der Waals surface area (Å²) in [4.78, 5) is 28.6. The summed E-state index contributed by atoms with van der Waals surface area (Å²) in [5.74, 6) is -0.630. The van der Waals surface area contributed by atoms with Crippen LogP contribution in [0.4, 0.5) is 10.2 Å². The molecule has 24 heavy (non-hydrogen) atoms. The number of hydrogen-bond acceptors (Lipinski definition) is 6. The number of imidazole rings is 1. The van der Waals surface area contributed by atoms with Crippen molar-refractivity contribution in [2.45, 2.75) is 19.0 Å². The first-order chi connectivity index (χ1) is 11.5. The van der Waals surface area contributed by atoms with Crippen molar-refractivity contribution in [3.8, 4) is 11.4 Å². The van der Waals surface area contributed by atoms with Crippen molar-refractivity contribution in [2.75, 3.05) is 11.9 Å². The van der Waals surface area contributed by atoms with Crippen molar-refractivity contribution >= 4 is 30.3 Å². The Bertz CT molecular complexity index is 791. The monoisotopic (exact) mass is 350 g/mol. The molecule has 1 aromatic heterocycles.